The normalized spacial score (nSPS) is 10.6. The monoisotopic (exact) mass is 385 g/mol. The molecule has 3 aromatic carbocycles. The minimum atomic E-state index is -0.0118. The molecule has 0 unspecified atom stereocenters. The highest BCUT2D eigenvalue weighted by Crippen LogP contribution is 2.36. The highest BCUT2D eigenvalue weighted by atomic mass is 32.1. The Morgan fingerprint density at radius 3 is 2.14 bits per heavy atom. The molecule has 0 bridgehead atoms. The fourth-order valence-electron chi connectivity index (χ4n) is 2.96. The Labute approximate surface area is 168 Å². The quantitative estimate of drug-likeness (QED) is 0.394. The van der Waals surface area contributed by atoms with E-state index in [4.69, 9.17) is 9.72 Å². The third kappa shape index (κ3) is 3.59. The lowest BCUT2D eigenvalue weighted by Gasteiger charge is -2.04. The number of ether oxygens (including phenoxy) is 1. The second-order valence-electron chi connectivity index (χ2n) is 6.49. The van der Waals surface area contributed by atoms with Gasteiger partial charge in [0, 0.05) is 16.7 Å². The highest BCUT2D eigenvalue weighted by molar-refractivity contribution is 7.17. The van der Waals surface area contributed by atoms with E-state index in [1.165, 1.54) is 16.9 Å². The van der Waals surface area contributed by atoms with Crippen molar-refractivity contribution >= 4 is 17.1 Å². The maximum Gasteiger partial charge on any atom is 0.205 e. The van der Waals surface area contributed by atoms with Crippen molar-refractivity contribution in [1.29, 1.82) is 0 Å². The predicted octanol–water partition coefficient (Wildman–Crippen LogP) is 6.03. The number of carbonyl (C=O) groups excluding carboxylic acids is 1. The molecule has 1 aromatic heterocycles. The third-order valence-electron chi connectivity index (χ3n) is 4.53. The molecule has 0 N–H and O–H groups in total. The van der Waals surface area contributed by atoms with Crippen LogP contribution in [0.3, 0.4) is 0 Å². The third-order valence-corrected chi connectivity index (χ3v) is 5.63. The van der Waals surface area contributed by atoms with Crippen molar-refractivity contribution in [2.24, 2.45) is 0 Å². The minimum absolute atomic E-state index is 0.0118. The van der Waals surface area contributed by atoms with Crippen molar-refractivity contribution in [3.05, 3.63) is 94.9 Å². The average molecular weight is 385 g/mol. The number of hydrogen-bond acceptors (Lipinski definition) is 4. The summed E-state index contributed by atoms with van der Waals surface area (Å²) in [7, 11) is 1.64. The zero-order valence-electron chi connectivity index (χ0n) is 15.7. The van der Waals surface area contributed by atoms with Crippen molar-refractivity contribution < 1.29 is 9.53 Å². The molecule has 4 heteroatoms. The topological polar surface area (TPSA) is 39.2 Å². The number of nitrogens with zero attached hydrogens (tertiary/aromatic N) is 1. The summed E-state index contributed by atoms with van der Waals surface area (Å²) in [5, 5.41) is 0.838. The first-order chi connectivity index (χ1) is 13.7. The van der Waals surface area contributed by atoms with Gasteiger partial charge in [-0.15, -0.1) is 11.3 Å². The van der Waals surface area contributed by atoms with Crippen LogP contribution < -0.4 is 4.74 Å². The Kier molecular flexibility index (Phi) is 5.04. The van der Waals surface area contributed by atoms with E-state index in [1.807, 2.05) is 66.7 Å². The van der Waals surface area contributed by atoms with Crippen LogP contribution in [0.25, 0.3) is 21.8 Å². The van der Waals surface area contributed by atoms with E-state index < -0.39 is 0 Å². The fraction of sp³-hybridized carbons (Fsp3) is 0.0833. The smallest absolute Gasteiger partial charge is 0.205 e. The first kappa shape index (κ1) is 18.1. The molecular formula is C24H19NO2S. The Hall–Kier alpha value is -3.24. The molecular weight excluding hydrogens is 366 g/mol. The summed E-state index contributed by atoms with van der Waals surface area (Å²) in [6, 6.07) is 25.2. The molecule has 4 aromatic rings. The van der Waals surface area contributed by atoms with Gasteiger partial charge in [-0.3, -0.25) is 4.79 Å². The summed E-state index contributed by atoms with van der Waals surface area (Å²) in [4.78, 5) is 18.7. The first-order valence-electron chi connectivity index (χ1n) is 8.98. The molecule has 0 aliphatic carbocycles. The van der Waals surface area contributed by atoms with Crippen LogP contribution >= 0.6 is 11.3 Å². The minimum Gasteiger partial charge on any atom is -0.497 e. The molecule has 138 valence electrons. The molecule has 0 fully saturated rings. The van der Waals surface area contributed by atoms with Crippen LogP contribution in [0.5, 0.6) is 5.75 Å². The number of ketones is 1. The van der Waals surface area contributed by atoms with Gasteiger partial charge in [0.2, 0.25) is 5.78 Å². The van der Waals surface area contributed by atoms with Crippen molar-refractivity contribution in [3.63, 3.8) is 0 Å². The summed E-state index contributed by atoms with van der Waals surface area (Å²) < 4.78 is 5.25. The molecule has 0 atom stereocenters. The summed E-state index contributed by atoms with van der Waals surface area (Å²) in [5.41, 5.74) is 4.47. The van der Waals surface area contributed by atoms with E-state index in [0.717, 1.165) is 21.9 Å². The van der Waals surface area contributed by atoms with Crippen LogP contribution in [-0.4, -0.2) is 17.9 Å². The van der Waals surface area contributed by atoms with Gasteiger partial charge in [-0.2, -0.15) is 0 Å². The zero-order valence-corrected chi connectivity index (χ0v) is 16.5. The maximum atomic E-state index is 13.2. The zero-order chi connectivity index (χ0) is 19.5. The highest BCUT2D eigenvalue weighted by Gasteiger charge is 2.21. The molecule has 0 aliphatic heterocycles. The summed E-state index contributed by atoms with van der Waals surface area (Å²) in [6.45, 7) is 2.05. The Balaban J connectivity index is 1.84. The number of carbonyl (C=O) groups is 1. The van der Waals surface area contributed by atoms with Gasteiger partial charge < -0.3 is 4.74 Å². The van der Waals surface area contributed by atoms with Gasteiger partial charge in [-0.1, -0.05) is 60.2 Å². The van der Waals surface area contributed by atoms with Crippen LogP contribution in [0.2, 0.25) is 0 Å². The Morgan fingerprint density at radius 1 is 0.857 bits per heavy atom. The van der Waals surface area contributed by atoms with Crippen molar-refractivity contribution in [1.82, 2.24) is 4.98 Å². The van der Waals surface area contributed by atoms with E-state index >= 15 is 0 Å². The number of rotatable bonds is 5. The van der Waals surface area contributed by atoms with Gasteiger partial charge in [-0.25, -0.2) is 4.98 Å². The SMILES string of the molecule is COc1ccc(-c2nc(-c3ccc(C)cc3)sc2C(=O)c2ccccc2)cc1. The Morgan fingerprint density at radius 2 is 1.50 bits per heavy atom. The van der Waals surface area contributed by atoms with Gasteiger partial charge in [0.05, 0.1) is 12.8 Å². The number of thiazole rings is 1. The average Bonchev–Trinajstić information content (AvgIpc) is 3.20. The molecule has 28 heavy (non-hydrogen) atoms. The number of benzene rings is 3. The molecule has 0 radical (unpaired) electrons. The maximum absolute atomic E-state index is 13.2. The molecule has 0 aliphatic rings. The van der Waals surface area contributed by atoms with Gasteiger partial charge >= 0.3 is 0 Å². The number of aromatic nitrogens is 1. The van der Waals surface area contributed by atoms with E-state index in [-0.39, 0.29) is 5.78 Å². The van der Waals surface area contributed by atoms with E-state index in [1.54, 1.807) is 7.11 Å². The van der Waals surface area contributed by atoms with Crippen LogP contribution in [-0.2, 0) is 0 Å². The van der Waals surface area contributed by atoms with Gasteiger partial charge in [0.15, 0.2) is 0 Å². The van der Waals surface area contributed by atoms with Crippen LogP contribution in [0.1, 0.15) is 20.8 Å². The standard InChI is InChI=1S/C24H19NO2S/c1-16-8-10-19(11-9-16)24-25-21(17-12-14-20(27-2)15-13-17)23(28-24)22(26)18-6-4-3-5-7-18/h3-15H,1-2H3. The van der Waals surface area contributed by atoms with E-state index in [9.17, 15) is 4.79 Å². The predicted molar refractivity (Wildman–Crippen MR) is 114 cm³/mol. The molecule has 4 rings (SSSR count). The molecule has 0 saturated heterocycles. The Bertz CT molecular complexity index is 1100. The summed E-state index contributed by atoms with van der Waals surface area (Å²) in [6.07, 6.45) is 0. The van der Waals surface area contributed by atoms with Gasteiger partial charge in [0.1, 0.15) is 15.6 Å². The van der Waals surface area contributed by atoms with Crippen molar-refractivity contribution in [2.75, 3.05) is 7.11 Å². The summed E-state index contributed by atoms with van der Waals surface area (Å²) in [5.74, 6) is 0.760. The second kappa shape index (κ2) is 7.79. The van der Waals surface area contributed by atoms with Crippen LogP contribution in [0.15, 0.2) is 78.9 Å². The fourth-order valence-corrected chi connectivity index (χ4v) is 4.01. The number of methoxy groups -OCH3 is 1. The lowest BCUT2D eigenvalue weighted by molar-refractivity contribution is 0.104. The lowest BCUT2D eigenvalue weighted by Crippen LogP contribution is -2.00. The number of aryl methyl sites for hydroxylation is 1. The van der Waals surface area contributed by atoms with Gasteiger partial charge in [-0.05, 0) is 31.2 Å². The van der Waals surface area contributed by atoms with Crippen molar-refractivity contribution in [2.45, 2.75) is 6.92 Å². The van der Waals surface area contributed by atoms with Crippen molar-refractivity contribution in [3.8, 4) is 27.6 Å². The molecule has 1 heterocycles. The van der Waals surface area contributed by atoms with Gasteiger partial charge in [0.25, 0.3) is 0 Å². The lowest BCUT2D eigenvalue weighted by atomic mass is 10.0. The van der Waals surface area contributed by atoms with E-state index in [2.05, 4.69) is 19.1 Å². The molecule has 3 nitrogen and oxygen atoms in total. The largest absolute Gasteiger partial charge is 0.497 e. The first-order valence-corrected chi connectivity index (χ1v) is 9.79. The number of hydrogen-bond donors (Lipinski definition) is 0. The molecule has 0 saturated carbocycles. The van der Waals surface area contributed by atoms with E-state index in [0.29, 0.717) is 16.1 Å². The van der Waals surface area contributed by atoms with Crippen LogP contribution in [0.4, 0.5) is 0 Å². The molecule has 0 amide bonds. The van der Waals surface area contributed by atoms with Crippen LogP contribution in [0, 0.1) is 6.92 Å². The summed E-state index contributed by atoms with van der Waals surface area (Å²) >= 11 is 1.43. The molecule has 0 spiro atoms. The second-order valence-corrected chi connectivity index (χ2v) is 7.49.